The van der Waals surface area contributed by atoms with Gasteiger partial charge in [0.2, 0.25) is 0 Å². The van der Waals surface area contributed by atoms with E-state index in [0.29, 0.717) is 28.8 Å². The van der Waals surface area contributed by atoms with Crippen molar-refractivity contribution in [3.05, 3.63) is 39.9 Å². The molecule has 0 unspecified atom stereocenters. The van der Waals surface area contributed by atoms with E-state index in [1.54, 1.807) is 12.3 Å². The number of fused-ring (bicyclic) bond motifs is 1. The molecule has 1 aliphatic heterocycles. The van der Waals surface area contributed by atoms with Crippen molar-refractivity contribution in [2.24, 2.45) is 0 Å². The summed E-state index contributed by atoms with van der Waals surface area (Å²) in [6.45, 7) is 0.812. The zero-order valence-electron chi connectivity index (χ0n) is 10.7. The highest BCUT2D eigenvalue weighted by molar-refractivity contribution is 9.10. The van der Waals surface area contributed by atoms with Crippen molar-refractivity contribution in [3.8, 4) is 11.4 Å². The molecule has 8 heteroatoms. The van der Waals surface area contributed by atoms with Crippen LogP contribution in [0.1, 0.15) is 17.0 Å². The quantitative estimate of drug-likeness (QED) is 0.851. The van der Waals surface area contributed by atoms with Gasteiger partial charge in [0.1, 0.15) is 0 Å². The Morgan fingerprint density at radius 1 is 1.19 bits per heavy atom. The number of hydrogen-bond acceptors (Lipinski definition) is 4. The lowest BCUT2D eigenvalue weighted by Gasteiger charge is -2.21. The molecule has 0 aromatic carbocycles. The molecule has 0 atom stereocenters. The van der Waals surface area contributed by atoms with Crippen LogP contribution in [0.2, 0.25) is 0 Å². The van der Waals surface area contributed by atoms with Gasteiger partial charge in [0.25, 0.3) is 0 Å². The molecule has 0 aliphatic carbocycles. The second kappa shape index (κ2) is 5.34. The number of rotatable bonds is 1. The molecule has 1 N–H and O–H groups in total. The Labute approximate surface area is 127 Å². The monoisotopic (exact) mass is 358 g/mol. The highest BCUT2D eigenvalue weighted by Crippen LogP contribution is 2.34. The van der Waals surface area contributed by atoms with Gasteiger partial charge >= 0.3 is 6.18 Å². The van der Waals surface area contributed by atoms with Gasteiger partial charge in [-0.15, -0.1) is 0 Å². The average molecular weight is 359 g/mol. The van der Waals surface area contributed by atoms with E-state index in [1.165, 1.54) is 6.20 Å². The normalized spacial score (nSPS) is 14.9. The van der Waals surface area contributed by atoms with Crippen molar-refractivity contribution < 1.29 is 13.2 Å². The molecule has 0 saturated heterocycles. The fraction of sp³-hybridized carbons (Fsp3) is 0.308. The van der Waals surface area contributed by atoms with Crippen LogP contribution in [0.5, 0.6) is 0 Å². The highest BCUT2D eigenvalue weighted by atomic mass is 79.9. The van der Waals surface area contributed by atoms with Crippen molar-refractivity contribution in [3.63, 3.8) is 0 Å². The summed E-state index contributed by atoms with van der Waals surface area (Å²) in [5.74, 6) is 0.0403. The van der Waals surface area contributed by atoms with Gasteiger partial charge in [-0.2, -0.15) is 13.2 Å². The van der Waals surface area contributed by atoms with E-state index in [4.69, 9.17) is 0 Å². The number of aromatic nitrogens is 3. The molecule has 2 aromatic heterocycles. The van der Waals surface area contributed by atoms with Gasteiger partial charge in [0, 0.05) is 34.5 Å². The molecule has 0 bridgehead atoms. The fourth-order valence-electron chi connectivity index (χ4n) is 2.26. The molecule has 110 valence electrons. The first-order valence-electron chi connectivity index (χ1n) is 6.24. The minimum Gasteiger partial charge on any atom is -0.311 e. The van der Waals surface area contributed by atoms with Crippen LogP contribution in [0, 0.1) is 0 Å². The number of nitrogens with one attached hydrogen (secondary N) is 1. The van der Waals surface area contributed by atoms with Crippen molar-refractivity contribution in [2.75, 3.05) is 6.54 Å². The van der Waals surface area contributed by atoms with Crippen LogP contribution < -0.4 is 5.32 Å². The van der Waals surface area contributed by atoms with Crippen LogP contribution in [0.25, 0.3) is 11.4 Å². The first-order chi connectivity index (χ1) is 9.95. The van der Waals surface area contributed by atoms with E-state index in [-0.39, 0.29) is 17.8 Å². The van der Waals surface area contributed by atoms with Crippen LogP contribution >= 0.6 is 15.9 Å². The molecule has 0 amide bonds. The van der Waals surface area contributed by atoms with Gasteiger partial charge in [-0.1, -0.05) is 0 Å². The molecule has 0 fully saturated rings. The Kier molecular flexibility index (Phi) is 3.66. The number of hydrogen-bond donors (Lipinski definition) is 1. The first kappa shape index (κ1) is 14.4. The van der Waals surface area contributed by atoms with Crippen molar-refractivity contribution in [1.82, 2.24) is 20.3 Å². The second-order valence-corrected chi connectivity index (χ2v) is 5.55. The topological polar surface area (TPSA) is 50.7 Å². The third-order valence-corrected chi connectivity index (χ3v) is 3.60. The molecule has 3 rings (SSSR count). The van der Waals surface area contributed by atoms with Gasteiger partial charge in [0.15, 0.2) is 11.5 Å². The van der Waals surface area contributed by atoms with E-state index < -0.39 is 11.9 Å². The molecule has 3 heterocycles. The molecule has 1 aliphatic rings. The van der Waals surface area contributed by atoms with E-state index in [9.17, 15) is 13.2 Å². The maximum atomic E-state index is 13.2. The van der Waals surface area contributed by atoms with E-state index in [2.05, 4.69) is 36.2 Å². The second-order valence-electron chi connectivity index (χ2n) is 4.64. The Balaban J connectivity index is 2.19. The number of alkyl halides is 3. The van der Waals surface area contributed by atoms with Crippen molar-refractivity contribution in [1.29, 1.82) is 0 Å². The number of pyridine rings is 1. The molecule has 0 spiro atoms. The molecular formula is C13H10BrF3N4. The average Bonchev–Trinajstić information content (AvgIpc) is 2.45. The minimum absolute atomic E-state index is 0.0403. The summed E-state index contributed by atoms with van der Waals surface area (Å²) in [6.07, 6.45) is -1.21. The lowest BCUT2D eigenvalue weighted by atomic mass is 10.0. The summed E-state index contributed by atoms with van der Waals surface area (Å²) in [6, 6.07) is 1.64. The van der Waals surface area contributed by atoms with Crippen LogP contribution in [0.15, 0.2) is 22.9 Å². The summed E-state index contributed by atoms with van der Waals surface area (Å²) in [7, 11) is 0. The third kappa shape index (κ3) is 2.91. The van der Waals surface area contributed by atoms with Crippen molar-refractivity contribution >= 4 is 15.9 Å². The Hall–Kier alpha value is -1.54. The molecule has 21 heavy (non-hydrogen) atoms. The van der Waals surface area contributed by atoms with Crippen LogP contribution in [-0.4, -0.2) is 21.5 Å². The van der Waals surface area contributed by atoms with Crippen molar-refractivity contribution in [2.45, 2.75) is 19.1 Å². The fourth-order valence-corrected chi connectivity index (χ4v) is 2.62. The SMILES string of the molecule is FC(F)(F)c1nc(-c2cncc(Br)c2)nc2c1CCNC2. The lowest BCUT2D eigenvalue weighted by Crippen LogP contribution is -2.28. The Morgan fingerprint density at radius 3 is 2.71 bits per heavy atom. The maximum Gasteiger partial charge on any atom is 0.433 e. The molecular weight excluding hydrogens is 349 g/mol. The highest BCUT2D eigenvalue weighted by Gasteiger charge is 2.38. The summed E-state index contributed by atoms with van der Waals surface area (Å²) in [5.41, 5.74) is 0.193. The van der Waals surface area contributed by atoms with Gasteiger partial charge in [-0.05, 0) is 35.0 Å². The predicted octanol–water partition coefficient (Wildman–Crippen LogP) is 2.97. The summed E-state index contributed by atoms with van der Waals surface area (Å²) in [4.78, 5) is 11.9. The van der Waals surface area contributed by atoms with Gasteiger partial charge in [0.05, 0.1) is 5.69 Å². The third-order valence-electron chi connectivity index (χ3n) is 3.17. The maximum absolute atomic E-state index is 13.2. The Bertz CT molecular complexity index is 688. The van der Waals surface area contributed by atoms with E-state index in [0.717, 1.165) is 0 Å². The van der Waals surface area contributed by atoms with E-state index >= 15 is 0 Å². The molecule has 2 aromatic rings. The van der Waals surface area contributed by atoms with Gasteiger partial charge in [-0.3, -0.25) is 4.98 Å². The van der Waals surface area contributed by atoms with Gasteiger partial charge < -0.3 is 5.32 Å². The standard InChI is InChI=1S/C13H10BrF3N4/c14-8-3-7(4-19-5-8)12-20-10-6-18-2-1-9(10)11(21-12)13(15,16)17/h3-5,18H,1-2,6H2. The first-order valence-corrected chi connectivity index (χ1v) is 7.03. The zero-order valence-corrected chi connectivity index (χ0v) is 12.3. The van der Waals surface area contributed by atoms with Crippen LogP contribution in [-0.2, 0) is 19.1 Å². The largest absolute Gasteiger partial charge is 0.433 e. The molecule has 4 nitrogen and oxygen atoms in total. The molecule has 0 radical (unpaired) electrons. The number of halogens is 4. The summed E-state index contributed by atoms with van der Waals surface area (Å²) < 4.78 is 40.3. The Morgan fingerprint density at radius 2 is 2.00 bits per heavy atom. The summed E-state index contributed by atoms with van der Waals surface area (Å²) in [5, 5.41) is 3.03. The molecule has 0 saturated carbocycles. The smallest absolute Gasteiger partial charge is 0.311 e. The van der Waals surface area contributed by atoms with Crippen LogP contribution in [0.3, 0.4) is 0 Å². The predicted molar refractivity (Wildman–Crippen MR) is 73.4 cm³/mol. The van der Waals surface area contributed by atoms with E-state index in [1.807, 2.05) is 0 Å². The van der Waals surface area contributed by atoms with Crippen LogP contribution in [0.4, 0.5) is 13.2 Å². The zero-order chi connectivity index (χ0) is 15.0. The summed E-state index contributed by atoms with van der Waals surface area (Å²) >= 11 is 3.24. The van der Waals surface area contributed by atoms with Gasteiger partial charge in [-0.25, -0.2) is 9.97 Å². The minimum atomic E-state index is -4.49. The lowest BCUT2D eigenvalue weighted by molar-refractivity contribution is -0.142. The number of nitrogens with zero attached hydrogens (tertiary/aromatic N) is 3.